The van der Waals surface area contributed by atoms with Crippen molar-refractivity contribution >= 4 is 22.4 Å². The van der Waals surface area contributed by atoms with E-state index in [4.69, 9.17) is 0 Å². The SMILES string of the molecule is O=C(CCCCNCC(F)(F)F)Nc1cccc(-c2n[nH]c(=O)c3ccccc23)c1. The highest BCUT2D eigenvalue weighted by Crippen LogP contribution is 2.26. The number of nitrogens with one attached hydrogen (secondary N) is 3. The summed E-state index contributed by atoms with van der Waals surface area (Å²) in [5.41, 5.74) is 1.63. The Bertz CT molecular complexity index is 1080. The number of rotatable bonds is 8. The van der Waals surface area contributed by atoms with Gasteiger partial charge in [0, 0.05) is 23.1 Å². The van der Waals surface area contributed by atoms with E-state index in [0.29, 0.717) is 35.0 Å². The van der Waals surface area contributed by atoms with Crippen molar-refractivity contribution in [1.82, 2.24) is 15.5 Å². The molecule has 1 heterocycles. The largest absolute Gasteiger partial charge is 0.401 e. The molecule has 3 aromatic rings. The number of hydrogen-bond donors (Lipinski definition) is 3. The van der Waals surface area contributed by atoms with Gasteiger partial charge in [-0.1, -0.05) is 30.3 Å². The molecule has 0 saturated heterocycles. The lowest BCUT2D eigenvalue weighted by Gasteiger charge is -2.09. The van der Waals surface area contributed by atoms with Crippen LogP contribution in [0.4, 0.5) is 18.9 Å². The summed E-state index contributed by atoms with van der Waals surface area (Å²) in [4.78, 5) is 24.1. The van der Waals surface area contributed by atoms with Crippen molar-refractivity contribution in [3.8, 4) is 11.3 Å². The molecule has 0 aliphatic carbocycles. The van der Waals surface area contributed by atoms with Gasteiger partial charge in [-0.2, -0.15) is 18.3 Å². The van der Waals surface area contributed by atoms with E-state index in [0.717, 1.165) is 5.56 Å². The quantitative estimate of drug-likeness (QED) is 0.485. The van der Waals surface area contributed by atoms with Gasteiger partial charge in [-0.05, 0) is 37.6 Å². The van der Waals surface area contributed by atoms with E-state index in [1.807, 2.05) is 18.2 Å². The molecule has 1 aromatic heterocycles. The molecule has 0 radical (unpaired) electrons. The van der Waals surface area contributed by atoms with Gasteiger partial charge in [-0.3, -0.25) is 9.59 Å². The van der Waals surface area contributed by atoms with Crippen LogP contribution >= 0.6 is 0 Å². The van der Waals surface area contributed by atoms with Crippen molar-refractivity contribution < 1.29 is 18.0 Å². The van der Waals surface area contributed by atoms with E-state index in [-0.39, 0.29) is 24.4 Å². The van der Waals surface area contributed by atoms with Crippen molar-refractivity contribution in [3.05, 3.63) is 58.9 Å². The van der Waals surface area contributed by atoms with Gasteiger partial charge in [0.15, 0.2) is 0 Å². The monoisotopic (exact) mass is 418 g/mol. The lowest BCUT2D eigenvalue weighted by molar-refractivity contribution is -0.124. The molecule has 0 spiro atoms. The minimum absolute atomic E-state index is 0.202. The second kappa shape index (κ2) is 9.53. The number of amides is 1. The lowest BCUT2D eigenvalue weighted by atomic mass is 10.0. The van der Waals surface area contributed by atoms with Crippen molar-refractivity contribution in [3.63, 3.8) is 0 Å². The predicted molar refractivity (Wildman–Crippen MR) is 109 cm³/mol. The number of aromatic nitrogens is 2. The highest BCUT2D eigenvalue weighted by molar-refractivity contribution is 5.95. The van der Waals surface area contributed by atoms with Crippen LogP contribution in [-0.2, 0) is 4.79 Å². The van der Waals surface area contributed by atoms with E-state index in [1.165, 1.54) is 0 Å². The van der Waals surface area contributed by atoms with Crippen molar-refractivity contribution in [2.45, 2.75) is 25.4 Å². The van der Waals surface area contributed by atoms with Crippen LogP contribution in [-0.4, -0.2) is 35.4 Å². The molecule has 1 amide bonds. The minimum Gasteiger partial charge on any atom is -0.326 e. The molecule has 9 heteroatoms. The maximum absolute atomic E-state index is 12.1. The summed E-state index contributed by atoms with van der Waals surface area (Å²) in [6.07, 6.45) is -3.08. The zero-order chi connectivity index (χ0) is 21.6. The second-order valence-electron chi connectivity index (χ2n) is 6.82. The number of hydrogen-bond acceptors (Lipinski definition) is 4. The molecular weight excluding hydrogens is 397 g/mol. The number of halogens is 3. The number of fused-ring (bicyclic) bond motifs is 1. The van der Waals surface area contributed by atoms with Crippen LogP contribution in [0.15, 0.2) is 53.3 Å². The van der Waals surface area contributed by atoms with Crippen LogP contribution in [0.2, 0.25) is 0 Å². The van der Waals surface area contributed by atoms with E-state index in [1.54, 1.807) is 30.3 Å². The van der Waals surface area contributed by atoms with Crippen LogP contribution in [0.5, 0.6) is 0 Å². The Morgan fingerprint density at radius 1 is 1.03 bits per heavy atom. The zero-order valence-corrected chi connectivity index (χ0v) is 16.1. The number of carbonyl (C=O) groups is 1. The fourth-order valence-electron chi connectivity index (χ4n) is 3.07. The number of benzene rings is 2. The molecule has 0 saturated carbocycles. The number of unbranched alkanes of at least 4 members (excludes halogenated alkanes) is 1. The molecule has 0 bridgehead atoms. The average molecular weight is 418 g/mol. The van der Waals surface area contributed by atoms with Crippen LogP contribution in [0, 0.1) is 0 Å². The summed E-state index contributed by atoms with van der Waals surface area (Å²) < 4.78 is 36.1. The molecule has 6 nitrogen and oxygen atoms in total. The number of anilines is 1. The Labute approximate surface area is 170 Å². The van der Waals surface area contributed by atoms with Gasteiger partial charge in [0.1, 0.15) is 0 Å². The Balaban J connectivity index is 1.60. The van der Waals surface area contributed by atoms with Gasteiger partial charge < -0.3 is 10.6 Å². The van der Waals surface area contributed by atoms with Gasteiger partial charge >= 0.3 is 6.18 Å². The third-order valence-electron chi connectivity index (χ3n) is 4.45. The molecule has 158 valence electrons. The Hall–Kier alpha value is -3.20. The summed E-state index contributed by atoms with van der Waals surface area (Å²) in [5.74, 6) is -0.220. The van der Waals surface area contributed by atoms with Gasteiger partial charge in [-0.25, -0.2) is 5.10 Å². The van der Waals surface area contributed by atoms with Gasteiger partial charge in [0.05, 0.1) is 17.6 Å². The van der Waals surface area contributed by atoms with E-state index in [2.05, 4.69) is 20.8 Å². The second-order valence-corrected chi connectivity index (χ2v) is 6.82. The summed E-state index contributed by atoms with van der Waals surface area (Å²) in [7, 11) is 0. The number of nitrogens with zero attached hydrogens (tertiary/aromatic N) is 1. The first-order valence-corrected chi connectivity index (χ1v) is 9.49. The highest BCUT2D eigenvalue weighted by Gasteiger charge is 2.25. The summed E-state index contributed by atoms with van der Waals surface area (Å²) in [6.45, 7) is -0.827. The molecule has 3 N–H and O–H groups in total. The standard InChI is InChI=1S/C21H21F3N4O2/c22-21(23,24)13-25-11-4-3-10-18(29)26-15-7-5-6-14(12-15)19-16-8-1-2-9-17(16)20(30)28-27-19/h1-2,5-9,12,25H,3-4,10-11,13H2,(H,26,29)(H,28,30). The Morgan fingerprint density at radius 2 is 1.80 bits per heavy atom. The number of H-pyrrole nitrogens is 1. The molecule has 0 fully saturated rings. The fourth-order valence-corrected chi connectivity index (χ4v) is 3.07. The summed E-state index contributed by atoms with van der Waals surface area (Å²) in [5, 5.41) is 13.0. The van der Waals surface area contributed by atoms with E-state index < -0.39 is 12.7 Å². The highest BCUT2D eigenvalue weighted by atomic mass is 19.4. The first kappa shape index (κ1) is 21.5. The third-order valence-corrected chi connectivity index (χ3v) is 4.45. The average Bonchev–Trinajstić information content (AvgIpc) is 2.70. The summed E-state index contributed by atoms with van der Waals surface area (Å²) >= 11 is 0. The smallest absolute Gasteiger partial charge is 0.326 e. The van der Waals surface area contributed by atoms with Gasteiger partial charge in [0.2, 0.25) is 5.91 Å². The normalized spacial score (nSPS) is 11.6. The first-order chi connectivity index (χ1) is 14.3. The van der Waals surface area contributed by atoms with Crippen LogP contribution in [0.3, 0.4) is 0 Å². The van der Waals surface area contributed by atoms with Crippen LogP contribution in [0.1, 0.15) is 19.3 Å². The van der Waals surface area contributed by atoms with E-state index in [9.17, 15) is 22.8 Å². The molecular formula is C21H21F3N4O2. The number of carbonyl (C=O) groups excluding carboxylic acids is 1. The summed E-state index contributed by atoms with van der Waals surface area (Å²) in [6, 6.07) is 14.2. The van der Waals surface area contributed by atoms with Crippen LogP contribution in [0.25, 0.3) is 22.0 Å². The third kappa shape index (κ3) is 5.90. The van der Waals surface area contributed by atoms with Crippen LogP contribution < -0.4 is 16.2 Å². The van der Waals surface area contributed by atoms with Crippen molar-refractivity contribution in [2.75, 3.05) is 18.4 Å². The topological polar surface area (TPSA) is 86.9 Å². The maximum Gasteiger partial charge on any atom is 0.401 e. The minimum atomic E-state index is -4.23. The molecule has 30 heavy (non-hydrogen) atoms. The number of aromatic amines is 1. The van der Waals surface area contributed by atoms with Gasteiger partial charge in [-0.15, -0.1) is 0 Å². The Morgan fingerprint density at radius 3 is 2.57 bits per heavy atom. The maximum atomic E-state index is 12.1. The van der Waals surface area contributed by atoms with Crippen molar-refractivity contribution in [2.24, 2.45) is 0 Å². The predicted octanol–water partition coefficient (Wildman–Crippen LogP) is 3.85. The zero-order valence-electron chi connectivity index (χ0n) is 16.1. The molecule has 0 atom stereocenters. The van der Waals surface area contributed by atoms with Gasteiger partial charge in [0.25, 0.3) is 5.56 Å². The van der Waals surface area contributed by atoms with E-state index >= 15 is 0 Å². The fraction of sp³-hybridized carbons (Fsp3) is 0.286. The molecule has 3 rings (SSSR count). The molecule has 2 aromatic carbocycles. The Kier molecular flexibility index (Phi) is 6.83. The number of alkyl halides is 3. The lowest BCUT2D eigenvalue weighted by Crippen LogP contribution is -2.29. The van der Waals surface area contributed by atoms with Crippen molar-refractivity contribution in [1.29, 1.82) is 0 Å². The molecule has 0 aliphatic rings. The molecule has 0 unspecified atom stereocenters. The first-order valence-electron chi connectivity index (χ1n) is 9.49. The molecule has 0 aliphatic heterocycles.